The van der Waals surface area contributed by atoms with E-state index in [0.29, 0.717) is 0 Å². The number of methoxy groups -OCH3 is 1. The van der Waals surface area contributed by atoms with Crippen LogP contribution in [0.5, 0.6) is 5.75 Å². The Morgan fingerprint density at radius 2 is 2.21 bits per heavy atom. The summed E-state index contributed by atoms with van der Waals surface area (Å²) in [6.45, 7) is 0. The second kappa shape index (κ2) is 3.54. The van der Waals surface area contributed by atoms with Gasteiger partial charge in [0.05, 0.1) is 12.6 Å². The van der Waals surface area contributed by atoms with Gasteiger partial charge in [-0.25, -0.2) is 0 Å². The van der Waals surface area contributed by atoms with Crippen molar-refractivity contribution in [3.63, 3.8) is 0 Å². The number of benzene rings is 1. The Hall–Kier alpha value is -1.77. The molecule has 0 fully saturated rings. The summed E-state index contributed by atoms with van der Waals surface area (Å²) in [5, 5.41) is 4.23. The summed E-state index contributed by atoms with van der Waals surface area (Å²) in [5.41, 5.74) is 1.98. The Morgan fingerprint density at radius 3 is 2.93 bits per heavy atom. The summed E-state index contributed by atoms with van der Waals surface area (Å²) < 4.78 is 5.18. The topological polar surface area (TPSA) is 34.1 Å². The van der Waals surface area contributed by atoms with Crippen molar-refractivity contribution < 1.29 is 4.74 Å². The van der Waals surface area contributed by atoms with Crippen LogP contribution in [0.25, 0.3) is 10.9 Å². The summed E-state index contributed by atoms with van der Waals surface area (Å²) in [4.78, 5) is 4.28. The molecule has 1 aromatic heterocycles. The molecule has 0 radical (unpaired) electrons. The van der Waals surface area contributed by atoms with Crippen LogP contribution in [-0.2, 0) is 0 Å². The third-order valence-electron chi connectivity index (χ3n) is 2.20. The van der Waals surface area contributed by atoms with E-state index in [9.17, 15) is 0 Å². The monoisotopic (exact) mass is 188 g/mol. The van der Waals surface area contributed by atoms with Gasteiger partial charge < -0.3 is 10.1 Å². The van der Waals surface area contributed by atoms with E-state index in [0.717, 1.165) is 22.3 Å². The molecule has 0 atom stereocenters. The average molecular weight is 188 g/mol. The van der Waals surface area contributed by atoms with Crippen LogP contribution in [0.4, 0.5) is 5.69 Å². The van der Waals surface area contributed by atoms with Gasteiger partial charge in [-0.3, -0.25) is 4.98 Å². The molecular weight excluding hydrogens is 176 g/mol. The molecule has 0 aliphatic carbocycles. The lowest BCUT2D eigenvalue weighted by molar-refractivity contribution is 0.415. The Morgan fingerprint density at radius 1 is 1.36 bits per heavy atom. The number of ether oxygens (including phenoxy) is 1. The number of nitrogens with one attached hydrogen (secondary N) is 1. The highest BCUT2D eigenvalue weighted by atomic mass is 16.5. The average Bonchev–Trinajstić information content (AvgIpc) is 2.27. The van der Waals surface area contributed by atoms with Crippen LogP contribution in [0.1, 0.15) is 0 Å². The first-order chi connectivity index (χ1) is 6.85. The second-order valence-corrected chi connectivity index (χ2v) is 3.00. The van der Waals surface area contributed by atoms with Gasteiger partial charge in [0.15, 0.2) is 0 Å². The molecule has 14 heavy (non-hydrogen) atoms. The van der Waals surface area contributed by atoms with Crippen LogP contribution in [-0.4, -0.2) is 19.1 Å². The van der Waals surface area contributed by atoms with Gasteiger partial charge in [-0.05, 0) is 12.1 Å². The number of nitrogens with zero attached hydrogens (tertiary/aromatic N) is 1. The number of rotatable bonds is 2. The summed E-state index contributed by atoms with van der Waals surface area (Å²) >= 11 is 0. The van der Waals surface area contributed by atoms with Gasteiger partial charge in [0.25, 0.3) is 0 Å². The van der Waals surface area contributed by atoms with Gasteiger partial charge in [-0.1, -0.05) is 0 Å². The second-order valence-electron chi connectivity index (χ2n) is 3.00. The predicted molar refractivity (Wildman–Crippen MR) is 57.8 cm³/mol. The molecular formula is C11H12N2O. The van der Waals surface area contributed by atoms with Crippen LogP contribution in [0.15, 0.2) is 30.5 Å². The molecule has 1 N–H and O–H groups in total. The van der Waals surface area contributed by atoms with Crippen LogP contribution in [0.2, 0.25) is 0 Å². The van der Waals surface area contributed by atoms with E-state index < -0.39 is 0 Å². The van der Waals surface area contributed by atoms with Gasteiger partial charge in [0, 0.05) is 36.5 Å². The maximum atomic E-state index is 5.18. The van der Waals surface area contributed by atoms with Crippen molar-refractivity contribution in [1.29, 1.82) is 0 Å². The number of fused-ring (bicyclic) bond motifs is 1. The molecule has 3 nitrogen and oxygen atoms in total. The highest BCUT2D eigenvalue weighted by Crippen LogP contribution is 2.27. The van der Waals surface area contributed by atoms with Crippen molar-refractivity contribution in [3.8, 4) is 5.75 Å². The van der Waals surface area contributed by atoms with E-state index in [1.165, 1.54) is 0 Å². The number of aromatic nitrogens is 1. The third-order valence-corrected chi connectivity index (χ3v) is 2.20. The van der Waals surface area contributed by atoms with Gasteiger partial charge in [0.1, 0.15) is 5.75 Å². The standard InChI is InChI=1S/C11H12N2O/c1-12-10-6-8(14-2)7-11-9(10)4-3-5-13-11/h3-7,12H,1-2H3. The third kappa shape index (κ3) is 1.37. The molecule has 3 heteroatoms. The van der Waals surface area contributed by atoms with Crippen molar-refractivity contribution in [2.45, 2.75) is 0 Å². The summed E-state index contributed by atoms with van der Waals surface area (Å²) in [7, 11) is 3.55. The fourth-order valence-corrected chi connectivity index (χ4v) is 1.48. The van der Waals surface area contributed by atoms with Gasteiger partial charge in [-0.15, -0.1) is 0 Å². The van der Waals surface area contributed by atoms with E-state index in [4.69, 9.17) is 4.74 Å². The highest BCUT2D eigenvalue weighted by molar-refractivity contribution is 5.92. The summed E-state index contributed by atoms with van der Waals surface area (Å²) in [5.74, 6) is 0.820. The van der Waals surface area contributed by atoms with E-state index in [1.54, 1.807) is 13.3 Å². The number of hydrogen-bond donors (Lipinski definition) is 1. The van der Waals surface area contributed by atoms with Crippen molar-refractivity contribution in [2.75, 3.05) is 19.5 Å². The minimum Gasteiger partial charge on any atom is -0.497 e. The largest absolute Gasteiger partial charge is 0.497 e. The van der Waals surface area contributed by atoms with Crippen LogP contribution >= 0.6 is 0 Å². The molecule has 0 aliphatic rings. The van der Waals surface area contributed by atoms with Gasteiger partial charge >= 0.3 is 0 Å². The lowest BCUT2D eigenvalue weighted by atomic mass is 10.1. The SMILES string of the molecule is CNc1cc(OC)cc2ncccc12. The molecule has 0 bridgehead atoms. The van der Waals surface area contributed by atoms with Crippen LogP contribution in [0, 0.1) is 0 Å². The Bertz CT molecular complexity index is 454. The van der Waals surface area contributed by atoms with Gasteiger partial charge in [-0.2, -0.15) is 0 Å². The Kier molecular flexibility index (Phi) is 2.23. The van der Waals surface area contributed by atoms with Crippen LogP contribution in [0.3, 0.4) is 0 Å². The molecule has 1 heterocycles. The van der Waals surface area contributed by atoms with Crippen molar-refractivity contribution in [3.05, 3.63) is 30.5 Å². The van der Waals surface area contributed by atoms with Crippen LogP contribution < -0.4 is 10.1 Å². The molecule has 1 aromatic carbocycles. The molecule has 0 spiro atoms. The molecule has 2 aromatic rings. The number of anilines is 1. The molecule has 0 saturated heterocycles. The fourth-order valence-electron chi connectivity index (χ4n) is 1.48. The first-order valence-corrected chi connectivity index (χ1v) is 4.45. The minimum atomic E-state index is 0.820. The zero-order valence-electron chi connectivity index (χ0n) is 8.24. The maximum Gasteiger partial charge on any atom is 0.123 e. The molecule has 0 saturated carbocycles. The number of hydrogen-bond acceptors (Lipinski definition) is 3. The minimum absolute atomic E-state index is 0.820. The zero-order chi connectivity index (χ0) is 9.97. The quantitative estimate of drug-likeness (QED) is 0.785. The van der Waals surface area contributed by atoms with E-state index in [2.05, 4.69) is 10.3 Å². The molecule has 2 rings (SSSR count). The van der Waals surface area contributed by atoms with E-state index in [1.807, 2.05) is 31.3 Å². The zero-order valence-corrected chi connectivity index (χ0v) is 8.24. The Balaban J connectivity index is 2.73. The number of pyridine rings is 1. The smallest absolute Gasteiger partial charge is 0.123 e. The molecule has 72 valence electrons. The molecule has 0 aliphatic heterocycles. The maximum absolute atomic E-state index is 5.18. The molecule has 0 amide bonds. The first kappa shape index (κ1) is 8.81. The fraction of sp³-hybridized carbons (Fsp3) is 0.182. The lowest BCUT2D eigenvalue weighted by Gasteiger charge is -2.07. The van der Waals surface area contributed by atoms with Gasteiger partial charge in [0.2, 0.25) is 0 Å². The summed E-state index contributed by atoms with van der Waals surface area (Å²) in [6, 6.07) is 7.85. The predicted octanol–water partition coefficient (Wildman–Crippen LogP) is 2.29. The van der Waals surface area contributed by atoms with Crippen molar-refractivity contribution >= 4 is 16.6 Å². The lowest BCUT2D eigenvalue weighted by Crippen LogP contribution is -1.92. The normalized spacial score (nSPS) is 10.1. The summed E-state index contributed by atoms with van der Waals surface area (Å²) in [6.07, 6.45) is 1.78. The van der Waals surface area contributed by atoms with Crippen molar-refractivity contribution in [1.82, 2.24) is 4.98 Å². The van der Waals surface area contributed by atoms with E-state index in [-0.39, 0.29) is 0 Å². The van der Waals surface area contributed by atoms with Crippen molar-refractivity contribution in [2.24, 2.45) is 0 Å². The highest BCUT2D eigenvalue weighted by Gasteiger charge is 2.02. The molecule has 0 unspecified atom stereocenters. The van der Waals surface area contributed by atoms with E-state index >= 15 is 0 Å². The Labute approximate surface area is 82.7 Å². The first-order valence-electron chi connectivity index (χ1n) is 4.45.